The molecule has 11 heteroatoms. The van der Waals surface area contributed by atoms with Crippen molar-refractivity contribution in [3.05, 3.63) is 22.7 Å². The van der Waals surface area contributed by atoms with Crippen LogP contribution in [0.25, 0.3) is 0 Å². The molecule has 110 valence electrons. The molecule has 3 N–H and O–H groups in total. The molecule has 2 aliphatic heterocycles. The topological polar surface area (TPSA) is 149 Å². The van der Waals surface area contributed by atoms with E-state index in [0.29, 0.717) is 0 Å². The molecule has 3 rings (SSSR count). The Morgan fingerprint density at radius 1 is 1.50 bits per heavy atom. The number of aliphatic hydroxyl groups excluding tert-OH is 1. The van der Waals surface area contributed by atoms with Crippen LogP contribution in [-0.4, -0.2) is 39.6 Å². The first-order valence-electron chi connectivity index (χ1n) is 5.70. The second-order valence-corrected chi connectivity index (χ2v) is 5.69. The van der Waals surface area contributed by atoms with Crippen LogP contribution in [0.4, 0.5) is 5.82 Å². The molecule has 0 aromatic carbocycles. The second kappa shape index (κ2) is 4.62. The number of rotatable bonds is 2. The number of phosphoric ester groups is 1. The number of nitrogen functional groups attached to an aromatic ring is 1. The van der Waals surface area contributed by atoms with E-state index in [4.69, 9.17) is 19.5 Å². The Labute approximate surface area is 112 Å². The number of aliphatic hydroxyl groups is 1. The number of phosphoric acid groups is 1. The maximum atomic E-state index is 11.8. The standard InChI is InChI=1S/C9H12N3O7P/c10-5-1-2-12(9(14)11-5)8-7-6(4(3-13)17-8)18-20(15,16)19-7/h1-2,4,6-8,13H,3H2,(H,15,16)(H2,10,11,14)/p-1/t4-,6?,7?,8-/m1/s1. The van der Waals surface area contributed by atoms with Crippen molar-refractivity contribution in [3.63, 3.8) is 0 Å². The highest BCUT2D eigenvalue weighted by molar-refractivity contribution is 7.46. The maximum Gasteiger partial charge on any atom is 0.351 e. The van der Waals surface area contributed by atoms with Gasteiger partial charge >= 0.3 is 5.69 Å². The Kier molecular flexibility index (Phi) is 3.16. The summed E-state index contributed by atoms with van der Waals surface area (Å²) in [4.78, 5) is 26.6. The molecule has 3 unspecified atom stereocenters. The lowest BCUT2D eigenvalue weighted by atomic mass is 10.1. The molecule has 10 nitrogen and oxygen atoms in total. The number of hydrogen-bond donors (Lipinski definition) is 2. The molecule has 0 saturated carbocycles. The summed E-state index contributed by atoms with van der Waals surface area (Å²) in [7, 11) is -4.46. The minimum atomic E-state index is -4.46. The summed E-state index contributed by atoms with van der Waals surface area (Å²) in [6.07, 6.45) is -2.73. The Balaban J connectivity index is 1.98. The van der Waals surface area contributed by atoms with Crippen LogP contribution in [0.15, 0.2) is 17.1 Å². The number of ether oxygens (including phenoxy) is 1. The highest BCUT2D eigenvalue weighted by Gasteiger charge is 2.54. The molecule has 2 saturated heterocycles. The van der Waals surface area contributed by atoms with Gasteiger partial charge in [-0.25, -0.2) is 4.79 Å². The monoisotopic (exact) mass is 304 g/mol. The average Bonchev–Trinajstić information content (AvgIpc) is 2.83. The van der Waals surface area contributed by atoms with Crippen molar-refractivity contribution in [1.29, 1.82) is 0 Å². The van der Waals surface area contributed by atoms with Gasteiger partial charge in [-0.3, -0.25) is 9.13 Å². The van der Waals surface area contributed by atoms with Gasteiger partial charge in [0.15, 0.2) is 6.23 Å². The van der Waals surface area contributed by atoms with Crippen LogP contribution < -0.4 is 16.3 Å². The minimum Gasteiger partial charge on any atom is -0.756 e. The van der Waals surface area contributed by atoms with Crippen molar-refractivity contribution < 1.29 is 28.3 Å². The molecule has 3 heterocycles. The van der Waals surface area contributed by atoms with Gasteiger partial charge < -0.3 is 29.5 Å². The zero-order valence-electron chi connectivity index (χ0n) is 9.99. The summed E-state index contributed by atoms with van der Waals surface area (Å²) in [5, 5.41) is 9.19. The highest BCUT2D eigenvalue weighted by atomic mass is 31.2. The van der Waals surface area contributed by atoms with E-state index in [0.717, 1.165) is 4.57 Å². The first-order valence-corrected chi connectivity index (χ1v) is 7.16. The molecule has 0 spiro atoms. The van der Waals surface area contributed by atoms with Gasteiger partial charge in [0.05, 0.1) is 6.61 Å². The average molecular weight is 304 g/mol. The molecule has 20 heavy (non-hydrogen) atoms. The first kappa shape index (κ1) is 13.7. The molecular weight excluding hydrogens is 293 g/mol. The normalized spacial score (nSPS) is 39.9. The molecule has 5 atom stereocenters. The van der Waals surface area contributed by atoms with Crippen molar-refractivity contribution >= 4 is 13.6 Å². The third-order valence-electron chi connectivity index (χ3n) is 3.09. The number of fused-ring (bicyclic) bond motifs is 1. The molecule has 2 fully saturated rings. The minimum absolute atomic E-state index is 0.0255. The predicted octanol–water partition coefficient (Wildman–Crippen LogP) is -2.03. The second-order valence-electron chi connectivity index (χ2n) is 4.38. The van der Waals surface area contributed by atoms with Crippen molar-refractivity contribution in [2.24, 2.45) is 0 Å². The highest BCUT2D eigenvalue weighted by Crippen LogP contribution is 2.55. The summed E-state index contributed by atoms with van der Waals surface area (Å²) < 4.78 is 27.3. The van der Waals surface area contributed by atoms with Gasteiger partial charge in [0.1, 0.15) is 24.1 Å². The fourth-order valence-corrected chi connectivity index (χ4v) is 3.39. The van der Waals surface area contributed by atoms with Crippen LogP contribution in [0.5, 0.6) is 0 Å². The van der Waals surface area contributed by atoms with Crippen LogP contribution in [-0.2, 0) is 18.3 Å². The third-order valence-corrected chi connectivity index (χ3v) is 4.10. The van der Waals surface area contributed by atoms with E-state index in [1.54, 1.807) is 0 Å². The number of anilines is 1. The van der Waals surface area contributed by atoms with Gasteiger partial charge in [-0.2, -0.15) is 4.98 Å². The fraction of sp³-hybridized carbons (Fsp3) is 0.556. The van der Waals surface area contributed by atoms with Crippen molar-refractivity contribution in [2.75, 3.05) is 12.3 Å². The maximum absolute atomic E-state index is 11.8. The smallest absolute Gasteiger partial charge is 0.351 e. The van der Waals surface area contributed by atoms with Crippen LogP contribution >= 0.6 is 7.82 Å². The molecule has 1 aromatic rings. The van der Waals surface area contributed by atoms with E-state index in [1.807, 2.05) is 0 Å². The van der Waals surface area contributed by atoms with Gasteiger partial charge in [0.2, 0.25) is 0 Å². The van der Waals surface area contributed by atoms with Crippen LogP contribution in [0.3, 0.4) is 0 Å². The van der Waals surface area contributed by atoms with E-state index in [-0.39, 0.29) is 5.82 Å². The molecule has 2 aliphatic rings. The number of aromatic nitrogens is 2. The summed E-state index contributed by atoms with van der Waals surface area (Å²) in [5.41, 5.74) is 4.65. The molecule has 0 amide bonds. The number of nitrogens with zero attached hydrogens (tertiary/aromatic N) is 2. The van der Waals surface area contributed by atoms with Crippen LogP contribution in [0, 0.1) is 0 Å². The number of hydrogen-bond acceptors (Lipinski definition) is 9. The van der Waals surface area contributed by atoms with E-state index in [9.17, 15) is 19.4 Å². The van der Waals surface area contributed by atoms with Crippen molar-refractivity contribution in [3.8, 4) is 0 Å². The Morgan fingerprint density at radius 3 is 2.85 bits per heavy atom. The van der Waals surface area contributed by atoms with Gasteiger partial charge in [-0.05, 0) is 6.07 Å². The van der Waals surface area contributed by atoms with Gasteiger partial charge in [-0.1, -0.05) is 0 Å². The summed E-state index contributed by atoms with van der Waals surface area (Å²) in [5.74, 6) is 0.0255. The Hall–Kier alpha value is -1.29. The van der Waals surface area contributed by atoms with Crippen molar-refractivity contribution in [2.45, 2.75) is 24.5 Å². The summed E-state index contributed by atoms with van der Waals surface area (Å²) in [6.45, 7) is -0.474. The van der Waals surface area contributed by atoms with Gasteiger partial charge in [0.25, 0.3) is 7.82 Å². The lowest BCUT2D eigenvalue weighted by Gasteiger charge is -2.22. The summed E-state index contributed by atoms with van der Waals surface area (Å²) in [6, 6.07) is 1.36. The zero-order valence-corrected chi connectivity index (χ0v) is 10.9. The first-order chi connectivity index (χ1) is 9.41. The Morgan fingerprint density at radius 2 is 2.20 bits per heavy atom. The number of nitrogens with two attached hydrogens (primary N) is 1. The molecule has 0 radical (unpaired) electrons. The lowest BCUT2D eigenvalue weighted by Crippen LogP contribution is -2.34. The molecule has 0 bridgehead atoms. The predicted molar refractivity (Wildman–Crippen MR) is 61.3 cm³/mol. The van der Waals surface area contributed by atoms with Gasteiger partial charge in [0, 0.05) is 6.20 Å². The lowest BCUT2D eigenvalue weighted by molar-refractivity contribution is -0.222. The zero-order chi connectivity index (χ0) is 14.5. The largest absolute Gasteiger partial charge is 0.756 e. The molecule has 0 aliphatic carbocycles. The van der Waals surface area contributed by atoms with E-state index >= 15 is 0 Å². The van der Waals surface area contributed by atoms with Crippen LogP contribution in [0.1, 0.15) is 6.23 Å². The Bertz CT molecular complexity index is 634. The third kappa shape index (κ3) is 2.16. The fourth-order valence-electron chi connectivity index (χ4n) is 2.26. The van der Waals surface area contributed by atoms with Crippen molar-refractivity contribution in [1.82, 2.24) is 9.55 Å². The molecular formula is C9H11N3O7P-. The van der Waals surface area contributed by atoms with Gasteiger partial charge in [-0.15, -0.1) is 0 Å². The molecule has 1 aromatic heterocycles. The van der Waals surface area contributed by atoms with Crippen LogP contribution in [0.2, 0.25) is 0 Å². The quantitative estimate of drug-likeness (QED) is 0.589. The summed E-state index contributed by atoms with van der Waals surface area (Å²) >= 11 is 0. The van der Waals surface area contributed by atoms with E-state index in [1.165, 1.54) is 12.3 Å². The SMILES string of the molecule is Nc1ccn([C@@H]2O[C@H](CO)C3OP(=O)([O-])OC32)c(=O)n1. The van der Waals surface area contributed by atoms with E-state index < -0.39 is 44.7 Å². The van der Waals surface area contributed by atoms with E-state index in [2.05, 4.69) is 4.98 Å².